The number of Topliss-reactive ketones (excluding diaryl/α,β-unsaturated/α-hetero) is 1. The van der Waals surface area contributed by atoms with Crippen LogP contribution >= 0.6 is 0 Å². The molecule has 0 bridgehead atoms. The molecule has 2 N–H and O–H groups in total. The van der Waals surface area contributed by atoms with E-state index in [1.165, 1.54) is 6.07 Å². The highest BCUT2D eigenvalue weighted by molar-refractivity contribution is 6.01. The lowest BCUT2D eigenvalue weighted by atomic mass is 10.0. The van der Waals surface area contributed by atoms with Gasteiger partial charge in [-0.3, -0.25) is 14.6 Å². The second kappa shape index (κ2) is 4.21. The Bertz CT molecular complexity index is 425. The summed E-state index contributed by atoms with van der Waals surface area (Å²) in [6.07, 6.45) is 0.393. The average Bonchev–Trinajstić information content (AvgIpc) is 2.16. The van der Waals surface area contributed by atoms with Gasteiger partial charge in [0.2, 0.25) is 0 Å². The second-order valence-corrected chi connectivity index (χ2v) is 3.40. The zero-order valence-corrected chi connectivity index (χ0v) is 9.13. The Morgan fingerprint density at radius 3 is 2.27 bits per heavy atom. The smallest absolute Gasteiger partial charge is 0.250 e. The summed E-state index contributed by atoms with van der Waals surface area (Å²) in [6, 6.07) is 1.53. The van der Waals surface area contributed by atoms with Gasteiger partial charge in [0.05, 0.1) is 11.3 Å². The molecule has 0 aliphatic carbocycles. The molecule has 0 atom stereocenters. The van der Waals surface area contributed by atoms with E-state index in [1.54, 1.807) is 20.8 Å². The van der Waals surface area contributed by atoms with Gasteiger partial charge in [0.15, 0.2) is 5.78 Å². The van der Waals surface area contributed by atoms with Crippen molar-refractivity contribution in [2.75, 3.05) is 0 Å². The van der Waals surface area contributed by atoms with Crippen LogP contribution in [0.25, 0.3) is 0 Å². The van der Waals surface area contributed by atoms with Crippen molar-refractivity contribution >= 4 is 11.7 Å². The molecule has 0 fully saturated rings. The predicted molar refractivity (Wildman–Crippen MR) is 56.9 cm³/mol. The number of rotatable bonds is 3. The monoisotopic (exact) mass is 206 g/mol. The molecule has 0 radical (unpaired) electrons. The Hall–Kier alpha value is -1.71. The van der Waals surface area contributed by atoms with E-state index in [9.17, 15) is 9.59 Å². The summed E-state index contributed by atoms with van der Waals surface area (Å²) in [5, 5.41) is 0. The highest BCUT2D eigenvalue weighted by Gasteiger charge is 2.14. The van der Waals surface area contributed by atoms with E-state index in [0.29, 0.717) is 28.9 Å². The number of nitrogens with two attached hydrogens (primary N) is 1. The Kier molecular flexibility index (Phi) is 3.19. The molecule has 1 rings (SSSR count). The van der Waals surface area contributed by atoms with Crippen molar-refractivity contribution in [3.63, 3.8) is 0 Å². The van der Waals surface area contributed by atoms with E-state index in [-0.39, 0.29) is 5.78 Å². The summed E-state index contributed by atoms with van der Waals surface area (Å²) in [5.41, 5.74) is 7.19. The molecule has 1 aromatic rings. The summed E-state index contributed by atoms with van der Waals surface area (Å²) in [5.74, 6) is -0.576. The number of aromatic nitrogens is 1. The number of carbonyl (C=O) groups is 2. The highest BCUT2D eigenvalue weighted by atomic mass is 16.1. The number of pyridine rings is 1. The first kappa shape index (κ1) is 11.4. The molecule has 1 aromatic heterocycles. The molecule has 80 valence electrons. The van der Waals surface area contributed by atoms with E-state index >= 15 is 0 Å². The van der Waals surface area contributed by atoms with E-state index in [2.05, 4.69) is 4.98 Å². The number of primary amides is 1. The van der Waals surface area contributed by atoms with E-state index < -0.39 is 5.91 Å². The van der Waals surface area contributed by atoms with E-state index in [4.69, 9.17) is 5.73 Å². The lowest BCUT2D eigenvalue weighted by molar-refractivity contribution is 0.0987. The molecule has 0 spiro atoms. The molecule has 15 heavy (non-hydrogen) atoms. The van der Waals surface area contributed by atoms with Crippen LogP contribution in [0.15, 0.2) is 6.07 Å². The van der Waals surface area contributed by atoms with Crippen molar-refractivity contribution in [2.45, 2.75) is 27.2 Å². The van der Waals surface area contributed by atoms with Crippen LogP contribution in [0.5, 0.6) is 0 Å². The first-order valence-electron chi connectivity index (χ1n) is 4.78. The van der Waals surface area contributed by atoms with Crippen LogP contribution < -0.4 is 5.73 Å². The molecule has 1 amide bonds. The minimum absolute atomic E-state index is 0.0255. The van der Waals surface area contributed by atoms with Gasteiger partial charge in [-0.1, -0.05) is 6.92 Å². The minimum Gasteiger partial charge on any atom is -0.366 e. The number of hydrogen-bond acceptors (Lipinski definition) is 3. The fourth-order valence-electron chi connectivity index (χ4n) is 1.45. The molecular weight excluding hydrogens is 192 g/mol. The molecular formula is C11H14N2O2. The van der Waals surface area contributed by atoms with Crippen LogP contribution in [-0.4, -0.2) is 16.7 Å². The van der Waals surface area contributed by atoms with Gasteiger partial charge in [-0.25, -0.2) is 0 Å². The number of aryl methyl sites for hydroxylation is 2. The molecule has 0 aliphatic heterocycles. The maximum absolute atomic E-state index is 11.5. The van der Waals surface area contributed by atoms with Crippen molar-refractivity contribution in [2.24, 2.45) is 5.73 Å². The van der Waals surface area contributed by atoms with Gasteiger partial charge >= 0.3 is 0 Å². The number of carbonyl (C=O) groups excluding carboxylic acids is 2. The van der Waals surface area contributed by atoms with Gasteiger partial charge in [0, 0.05) is 17.7 Å². The Morgan fingerprint density at radius 2 is 1.80 bits per heavy atom. The summed E-state index contributed by atoms with van der Waals surface area (Å²) >= 11 is 0. The molecule has 0 aromatic carbocycles. The average molecular weight is 206 g/mol. The summed E-state index contributed by atoms with van der Waals surface area (Å²) in [6.45, 7) is 5.22. The first-order chi connectivity index (χ1) is 6.97. The van der Waals surface area contributed by atoms with Gasteiger partial charge in [-0.05, 0) is 19.9 Å². The molecule has 0 unspecified atom stereocenters. The molecule has 0 saturated heterocycles. The van der Waals surface area contributed by atoms with Crippen molar-refractivity contribution in [1.82, 2.24) is 4.98 Å². The van der Waals surface area contributed by atoms with Crippen LogP contribution in [0.1, 0.15) is 45.4 Å². The minimum atomic E-state index is -0.551. The summed E-state index contributed by atoms with van der Waals surface area (Å²) in [7, 11) is 0. The maximum Gasteiger partial charge on any atom is 0.250 e. The third-order valence-electron chi connectivity index (χ3n) is 2.29. The van der Waals surface area contributed by atoms with Crippen molar-refractivity contribution in [3.05, 3.63) is 28.6 Å². The van der Waals surface area contributed by atoms with Gasteiger partial charge in [0.25, 0.3) is 5.91 Å². The van der Waals surface area contributed by atoms with Crippen LogP contribution in [0.3, 0.4) is 0 Å². The molecule has 1 heterocycles. The molecule has 0 saturated carbocycles. The highest BCUT2D eigenvalue weighted by Crippen LogP contribution is 2.13. The Balaban J connectivity index is 3.36. The lowest BCUT2D eigenvalue weighted by Crippen LogP contribution is -2.16. The largest absolute Gasteiger partial charge is 0.366 e. The number of hydrogen-bond donors (Lipinski definition) is 1. The van der Waals surface area contributed by atoms with Gasteiger partial charge < -0.3 is 5.73 Å². The molecule has 4 nitrogen and oxygen atoms in total. The molecule has 0 aliphatic rings. The third-order valence-corrected chi connectivity index (χ3v) is 2.29. The number of nitrogens with zero attached hydrogens (tertiary/aromatic N) is 1. The standard InChI is InChI=1S/C11H14N2O2/c1-4-10(14)8-5-9(11(12)15)7(3)13-6(8)2/h5H,4H2,1-3H3,(H2,12,15). The SMILES string of the molecule is CCC(=O)c1cc(C(N)=O)c(C)nc1C. The fourth-order valence-corrected chi connectivity index (χ4v) is 1.45. The first-order valence-corrected chi connectivity index (χ1v) is 4.78. The Labute approximate surface area is 88.5 Å². The second-order valence-electron chi connectivity index (χ2n) is 3.40. The quantitative estimate of drug-likeness (QED) is 0.759. The van der Waals surface area contributed by atoms with Crippen molar-refractivity contribution in [3.8, 4) is 0 Å². The van der Waals surface area contributed by atoms with Crippen LogP contribution in [0.4, 0.5) is 0 Å². The lowest BCUT2D eigenvalue weighted by Gasteiger charge is -2.07. The number of amides is 1. The van der Waals surface area contributed by atoms with E-state index in [1.807, 2.05) is 0 Å². The predicted octanol–water partition coefficient (Wildman–Crippen LogP) is 1.39. The van der Waals surface area contributed by atoms with Crippen molar-refractivity contribution < 1.29 is 9.59 Å². The normalized spacial score (nSPS) is 10.1. The van der Waals surface area contributed by atoms with Crippen LogP contribution in [-0.2, 0) is 0 Å². The Morgan fingerprint density at radius 1 is 1.27 bits per heavy atom. The van der Waals surface area contributed by atoms with Crippen molar-refractivity contribution in [1.29, 1.82) is 0 Å². The van der Waals surface area contributed by atoms with Gasteiger partial charge in [0.1, 0.15) is 0 Å². The zero-order chi connectivity index (χ0) is 11.6. The summed E-state index contributed by atoms with van der Waals surface area (Å²) < 4.78 is 0. The fraction of sp³-hybridized carbons (Fsp3) is 0.364. The number of ketones is 1. The molecule has 4 heteroatoms. The topological polar surface area (TPSA) is 73.1 Å². The zero-order valence-electron chi connectivity index (χ0n) is 9.13. The van der Waals surface area contributed by atoms with Gasteiger partial charge in [-0.15, -0.1) is 0 Å². The van der Waals surface area contributed by atoms with Gasteiger partial charge in [-0.2, -0.15) is 0 Å². The third kappa shape index (κ3) is 2.21. The van der Waals surface area contributed by atoms with Crippen LogP contribution in [0.2, 0.25) is 0 Å². The summed E-state index contributed by atoms with van der Waals surface area (Å²) in [4.78, 5) is 26.7. The van der Waals surface area contributed by atoms with E-state index in [0.717, 1.165) is 0 Å². The van der Waals surface area contributed by atoms with Crippen LogP contribution in [0, 0.1) is 13.8 Å². The maximum atomic E-state index is 11.5.